The summed E-state index contributed by atoms with van der Waals surface area (Å²) in [5, 5.41) is 14.0. The summed E-state index contributed by atoms with van der Waals surface area (Å²) in [4.78, 5) is 16.4. The Bertz CT molecular complexity index is 1280. The van der Waals surface area contributed by atoms with Crippen molar-refractivity contribution in [2.75, 3.05) is 6.54 Å². The van der Waals surface area contributed by atoms with E-state index in [4.69, 9.17) is 0 Å². The quantitative estimate of drug-likeness (QED) is 0.461. The number of nitriles is 1. The van der Waals surface area contributed by atoms with Gasteiger partial charge in [0.2, 0.25) is 5.91 Å². The first-order valence-electron chi connectivity index (χ1n) is 10.7. The van der Waals surface area contributed by atoms with E-state index in [9.17, 15) is 18.8 Å². The van der Waals surface area contributed by atoms with Gasteiger partial charge in [0.1, 0.15) is 17.5 Å². The molecule has 0 N–H and O–H groups in total. The maximum absolute atomic E-state index is 14.6. The number of aromatic nitrogens is 2. The van der Waals surface area contributed by atoms with Crippen molar-refractivity contribution in [2.24, 2.45) is 0 Å². The van der Waals surface area contributed by atoms with Crippen molar-refractivity contribution in [3.63, 3.8) is 0 Å². The lowest BCUT2D eigenvalue weighted by Crippen LogP contribution is -2.37. The highest BCUT2D eigenvalue weighted by Gasteiger charge is 2.37. The largest absolute Gasteiger partial charge is 0.333 e. The van der Waals surface area contributed by atoms with E-state index in [2.05, 4.69) is 23.8 Å². The third-order valence-corrected chi connectivity index (χ3v) is 6.99. The third kappa shape index (κ3) is 3.98. The maximum Gasteiger partial charge on any atom is 0.289 e. The molecule has 2 aromatic heterocycles. The van der Waals surface area contributed by atoms with E-state index in [1.165, 1.54) is 10.8 Å². The van der Waals surface area contributed by atoms with Crippen LogP contribution in [0.1, 0.15) is 52.0 Å². The summed E-state index contributed by atoms with van der Waals surface area (Å²) >= 11 is 1.63. The van der Waals surface area contributed by atoms with Crippen LogP contribution in [0.2, 0.25) is 0 Å². The SMILES string of the molecule is C=CC(=O)N1Cc2sc(C)cc2[C@H](c2ccccc2-c2c(C(C)(F)F)nn(CC)c2C#N)C1. The number of hydrogen-bond donors (Lipinski definition) is 0. The summed E-state index contributed by atoms with van der Waals surface area (Å²) in [6.07, 6.45) is 1.29. The predicted octanol–water partition coefficient (Wildman–Crippen LogP) is 5.58. The minimum atomic E-state index is -3.23. The number of benzene rings is 1. The molecule has 1 aliphatic rings. The lowest BCUT2D eigenvalue weighted by molar-refractivity contribution is -0.127. The van der Waals surface area contributed by atoms with Crippen molar-refractivity contribution in [3.8, 4) is 17.2 Å². The highest BCUT2D eigenvalue weighted by molar-refractivity contribution is 7.12. The molecule has 1 amide bonds. The van der Waals surface area contributed by atoms with Crippen molar-refractivity contribution >= 4 is 17.2 Å². The van der Waals surface area contributed by atoms with Crippen molar-refractivity contribution in [3.05, 3.63) is 75.3 Å². The molecule has 0 fully saturated rings. The van der Waals surface area contributed by atoms with E-state index in [0.29, 0.717) is 25.2 Å². The van der Waals surface area contributed by atoms with Crippen LogP contribution in [-0.2, 0) is 23.8 Å². The number of fused-ring (bicyclic) bond motifs is 1. The summed E-state index contributed by atoms with van der Waals surface area (Å²) in [5.74, 6) is -3.63. The minimum absolute atomic E-state index is 0.109. The van der Waals surface area contributed by atoms with Crippen LogP contribution < -0.4 is 0 Å². The van der Waals surface area contributed by atoms with Crippen LogP contribution in [0.5, 0.6) is 0 Å². The van der Waals surface area contributed by atoms with E-state index < -0.39 is 11.6 Å². The third-order valence-electron chi connectivity index (χ3n) is 5.94. The van der Waals surface area contributed by atoms with E-state index >= 15 is 0 Å². The van der Waals surface area contributed by atoms with Crippen molar-refractivity contribution in [2.45, 2.75) is 45.7 Å². The molecule has 0 radical (unpaired) electrons. The number of carbonyl (C=O) groups excluding carboxylic acids is 1. The molecule has 0 saturated carbocycles. The number of rotatable bonds is 5. The van der Waals surface area contributed by atoms with Crippen LogP contribution in [0, 0.1) is 18.3 Å². The first-order chi connectivity index (χ1) is 15.7. The van der Waals surface area contributed by atoms with Gasteiger partial charge >= 0.3 is 0 Å². The fourth-order valence-corrected chi connectivity index (χ4v) is 5.63. The normalized spacial score (nSPS) is 15.8. The number of halogens is 2. The molecule has 0 bridgehead atoms. The van der Waals surface area contributed by atoms with Crippen LogP contribution >= 0.6 is 11.3 Å². The van der Waals surface area contributed by atoms with Gasteiger partial charge in [-0.25, -0.2) is 0 Å². The molecule has 1 aromatic carbocycles. The highest BCUT2D eigenvalue weighted by Crippen LogP contribution is 2.44. The van der Waals surface area contributed by atoms with Gasteiger partial charge in [-0.2, -0.15) is 19.1 Å². The van der Waals surface area contributed by atoms with Gasteiger partial charge in [-0.1, -0.05) is 30.8 Å². The number of amides is 1. The van der Waals surface area contributed by atoms with Gasteiger partial charge in [-0.3, -0.25) is 9.48 Å². The van der Waals surface area contributed by atoms with Crippen LogP contribution in [0.3, 0.4) is 0 Å². The Morgan fingerprint density at radius 3 is 2.76 bits per heavy atom. The minimum Gasteiger partial charge on any atom is -0.333 e. The van der Waals surface area contributed by atoms with Crippen LogP contribution in [0.15, 0.2) is 43.0 Å². The van der Waals surface area contributed by atoms with Crippen LogP contribution in [0.25, 0.3) is 11.1 Å². The molecule has 1 atom stereocenters. The molecule has 0 unspecified atom stereocenters. The zero-order valence-corrected chi connectivity index (χ0v) is 19.5. The van der Waals surface area contributed by atoms with Gasteiger partial charge < -0.3 is 4.90 Å². The van der Waals surface area contributed by atoms with Crippen molar-refractivity contribution in [1.82, 2.24) is 14.7 Å². The Kier molecular flexibility index (Phi) is 5.93. The van der Waals surface area contributed by atoms with Gasteiger partial charge in [-0.15, -0.1) is 11.3 Å². The summed E-state index contributed by atoms with van der Waals surface area (Å²) in [6, 6.07) is 11.5. The number of carbonyl (C=O) groups is 1. The molecule has 4 rings (SSSR count). The molecular formula is C25H24F2N4OS. The molecule has 0 spiro atoms. The van der Waals surface area contributed by atoms with E-state index in [0.717, 1.165) is 27.8 Å². The molecule has 1 aliphatic heterocycles. The number of alkyl halides is 2. The topological polar surface area (TPSA) is 61.9 Å². The highest BCUT2D eigenvalue weighted by atomic mass is 32.1. The average molecular weight is 467 g/mol. The Balaban J connectivity index is 1.97. The molecule has 0 aliphatic carbocycles. The van der Waals surface area contributed by atoms with Gasteiger partial charge in [0.15, 0.2) is 0 Å². The second-order valence-corrected chi connectivity index (χ2v) is 9.53. The second-order valence-electron chi connectivity index (χ2n) is 8.19. The lowest BCUT2D eigenvalue weighted by Gasteiger charge is -2.33. The molecule has 170 valence electrons. The predicted molar refractivity (Wildman–Crippen MR) is 124 cm³/mol. The lowest BCUT2D eigenvalue weighted by atomic mass is 9.83. The molecule has 33 heavy (non-hydrogen) atoms. The summed E-state index contributed by atoms with van der Waals surface area (Å²) in [6.45, 7) is 9.38. The molecule has 0 saturated heterocycles. The monoisotopic (exact) mass is 466 g/mol. The van der Waals surface area contributed by atoms with E-state index in [1.807, 2.05) is 19.1 Å². The summed E-state index contributed by atoms with van der Waals surface area (Å²) in [7, 11) is 0. The van der Waals surface area contributed by atoms with Gasteiger partial charge in [-0.05, 0) is 42.7 Å². The number of nitrogens with zero attached hydrogens (tertiary/aromatic N) is 4. The smallest absolute Gasteiger partial charge is 0.289 e. The van der Waals surface area contributed by atoms with Crippen LogP contribution in [0.4, 0.5) is 8.78 Å². The Labute approximate surface area is 195 Å². The molecule has 3 aromatic rings. The number of hydrogen-bond acceptors (Lipinski definition) is 4. The summed E-state index contributed by atoms with van der Waals surface area (Å²) in [5.41, 5.74) is 2.27. The van der Waals surface area contributed by atoms with Crippen LogP contribution in [-0.4, -0.2) is 27.1 Å². The van der Waals surface area contributed by atoms with Crippen molar-refractivity contribution in [1.29, 1.82) is 5.26 Å². The Hall–Kier alpha value is -3.31. The number of thiophene rings is 1. The fourth-order valence-electron chi connectivity index (χ4n) is 4.52. The molecule has 5 nitrogen and oxygen atoms in total. The van der Waals surface area contributed by atoms with Gasteiger partial charge in [0.25, 0.3) is 5.92 Å². The maximum atomic E-state index is 14.6. The van der Waals surface area contributed by atoms with Crippen molar-refractivity contribution < 1.29 is 13.6 Å². The summed E-state index contributed by atoms with van der Waals surface area (Å²) < 4.78 is 30.6. The second kappa shape index (κ2) is 8.56. The zero-order valence-electron chi connectivity index (χ0n) is 18.7. The first-order valence-corrected chi connectivity index (χ1v) is 11.5. The standard InChI is InChI=1S/C25H24F2N4OS/c1-5-22(32)30-13-19(18-11-15(3)33-21(18)14-30)16-9-7-8-10-17(16)23-20(12-28)31(6-2)29-24(23)25(4,26)27/h5,7-11,19H,1,6,13-14H2,2-4H3/t19-/m0/s1. The van der Waals surface area contributed by atoms with E-state index in [1.54, 1.807) is 35.3 Å². The number of aryl methyl sites for hydroxylation is 2. The molecular weight excluding hydrogens is 442 g/mol. The molecule has 8 heteroatoms. The zero-order chi connectivity index (χ0) is 23.9. The average Bonchev–Trinajstić information content (AvgIpc) is 3.36. The Morgan fingerprint density at radius 1 is 1.39 bits per heavy atom. The van der Waals surface area contributed by atoms with Gasteiger partial charge in [0.05, 0.1) is 6.54 Å². The Morgan fingerprint density at radius 2 is 2.12 bits per heavy atom. The fraction of sp³-hybridized carbons (Fsp3) is 0.320. The first kappa shape index (κ1) is 22.9. The van der Waals surface area contributed by atoms with Gasteiger partial charge in [0, 0.05) is 41.2 Å². The molecule has 3 heterocycles. The van der Waals surface area contributed by atoms with E-state index in [-0.39, 0.29) is 23.1 Å².